The minimum absolute atomic E-state index is 0.143. The van der Waals surface area contributed by atoms with E-state index in [9.17, 15) is 14.0 Å². The molecule has 1 atom stereocenters. The predicted molar refractivity (Wildman–Crippen MR) is 89.5 cm³/mol. The van der Waals surface area contributed by atoms with Crippen molar-refractivity contribution < 1.29 is 18.7 Å². The third-order valence-electron chi connectivity index (χ3n) is 3.61. The van der Waals surface area contributed by atoms with Crippen LogP contribution in [0.25, 0.3) is 0 Å². The Kier molecular flexibility index (Phi) is 4.47. The highest BCUT2D eigenvalue weighted by Crippen LogP contribution is 2.21. The van der Waals surface area contributed by atoms with Crippen LogP contribution in [0.1, 0.15) is 11.1 Å². The molecule has 0 spiro atoms. The van der Waals surface area contributed by atoms with Crippen LogP contribution in [0.4, 0.5) is 11.4 Å². The molecule has 2 aromatic rings. The predicted octanol–water partition coefficient (Wildman–Crippen LogP) is 0.363. The maximum absolute atomic E-state index is 12.6. The van der Waals surface area contributed by atoms with E-state index in [0.29, 0.717) is 33.9 Å². The Labute approximate surface area is 136 Å². The summed E-state index contributed by atoms with van der Waals surface area (Å²) in [6.45, 7) is 0.362. The van der Waals surface area contributed by atoms with Crippen LogP contribution >= 0.6 is 0 Å². The zero-order valence-electron chi connectivity index (χ0n) is 12.2. The van der Waals surface area contributed by atoms with Gasteiger partial charge in [-0.3, -0.25) is 0 Å². The summed E-state index contributed by atoms with van der Waals surface area (Å²) in [6.07, 6.45) is 0.892. The van der Waals surface area contributed by atoms with Gasteiger partial charge in [-0.1, -0.05) is 6.07 Å². The third kappa shape index (κ3) is 3.29. The van der Waals surface area contributed by atoms with E-state index < -0.39 is 18.1 Å². The van der Waals surface area contributed by atoms with Gasteiger partial charge in [0.15, 0.2) is 11.0 Å². The highest BCUT2D eigenvalue weighted by Gasteiger charge is 2.27. The molecule has 2 aromatic carbocycles. The van der Waals surface area contributed by atoms with Crippen LogP contribution in [-0.2, 0) is 33.5 Å². The molecule has 0 amide bonds. The number of hydrogen-bond acceptors (Lipinski definition) is 5. The summed E-state index contributed by atoms with van der Waals surface area (Å²) in [4.78, 5) is 11.3. The van der Waals surface area contributed by atoms with Crippen molar-refractivity contribution in [2.75, 3.05) is 10.5 Å². The number of nitrogens with two attached hydrogens (primary N) is 1. The number of nitrogens with one attached hydrogen (secondary N) is 1. The number of aldehydes is 1. The van der Waals surface area contributed by atoms with Crippen LogP contribution in [0.5, 0.6) is 0 Å². The molecular formula is C15H15BN2O4S. The first-order chi connectivity index (χ1) is 11.1. The molecule has 1 unspecified atom stereocenters. The van der Waals surface area contributed by atoms with Crippen LogP contribution in [0.15, 0.2) is 41.3 Å². The highest BCUT2D eigenvalue weighted by atomic mass is 32.2. The molecule has 0 bridgehead atoms. The second kappa shape index (κ2) is 6.53. The van der Waals surface area contributed by atoms with E-state index in [-0.39, 0.29) is 6.42 Å². The molecule has 23 heavy (non-hydrogen) atoms. The number of anilines is 2. The molecule has 0 saturated carbocycles. The van der Waals surface area contributed by atoms with Crippen molar-refractivity contribution in [1.82, 2.24) is 0 Å². The molecule has 0 radical (unpaired) electrons. The molecule has 0 saturated heterocycles. The quantitative estimate of drug-likeness (QED) is 0.417. The minimum Gasteiger partial charge on any atom is -0.423 e. The van der Waals surface area contributed by atoms with Gasteiger partial charge in [-0.15, -0.1) is 0 Å². The highest BCUT2D eigenvalue weighted by molar-refractivity contribution is 7.86. The van der Waals surface area contributed by atoms with Crippen LogP contribution in [0, 0.1) is 0 Å². The summed E-state index contributed by atoms with van der Waals surface area (Å²) in [5, 5.41) is 9.72. The minimum atomic E-state index is -1.55. The van der Waals surface area contributed by atoms with Gasteiger partial charge in [0.1, 0.15) is 6.29 Å². The molecule has 8 heteroatoms. The summed E-state index contributed by atoms with van der Waals surface area (Å²) in [5.41, 5.74) is 9.01. The summed E-state index contributed by atoms with van der Waals surface area (Å²) < 4.78 is 20.6. The topological polar surface area (TPSA) is 102 Å². The van der Waals surface area contributed by atoms with Crippen molar-refractivity contribution in [3.63, 3.8) is 0 Å². The Morgan fingerprint density at radius 1 is 1.35 bits per heavy atom. The summed E-state index contributed by atoms with van der Waals surface area (Å²) >= 11 is 0. The summed E-state index contributed by atoms with van der Waals surface area (Å²) in [7, 11) is -2.51. The Morgan fingerprint density at radius 3 is 2.96 bits per heavy atom. The molecule has 1 heterocycles. The molecule has 4 N–H and O–H groups in total. The van der Waals surface area contributed by atoms with Gasteiger partial charge in [0.2, 0.25) is 0 Å². The van der Waals surface area contributed by atoms with Crippen LogP contribution in [0.3, 0.4) is 0 Å². The number of fused-ring (bicyclic) bond motifs is 1. The summed E-state index contributed by atoms with van der Waals surface area (Å²) in [5.74, 6) is 0. The van der Waals surface area contributed by atoms with Crippen LogP contribution in [0.2, 0.25) is 0 Å². The van der Waals surface area contributed by atoms with Gasteiger partial charge in [-0.2, -0.15) is 0 Å². The average Bonchev–Trinajstić information content (AvgIpc) is 2.89. The van der Waals surface area contributed by atoms with E-state index in [2.05, 4.69) is 4.72 Å². The molecule has 0 aromatic heterocycles. The van der Waals surface area contributed by atoms with Gasteiger partial charge in [0, 0.05) is 17.8 Å². The number of nitrogen functional groups attached to an aromatic ring is 1. The number of carbonyl (C=O) groups excluding carboxylic acids is 1. The lowest BCUT2D eigenvalue weighted by molar-refractivity contribution is -0.107. The SMILES string of the molecule is Nc1ccc(S(=O)Nc2ccc3c(c2)B(O)OC3)c(CC=O)c1. The Bertz CT molecular complexity index is 784. The second-order valence-corrected chi connectivity index (χ2v) is 6.37. The molecule has 1 aliphatic rings. The molecular weight excluding hydrogens is 315 g/mol. The van der Waals surface area contributed by atoms with E-state index in [1.165, 1.54) is 0 Å². The van der Waals surface area contributed by atoms with Crippen molar-refractivity contribution in [2.45, 2.75) is 17.9 Å². The monoisotopic (exact) mass is 330 g/mol. The molecule has 0 fully saturated rings. The lowest BCUT2D eigenvalue weighted by Crippen LogP contribution is -2.28. The van der Waals surface area contributed by atoms with E-state index in [4.69, 9.17) is 10.4 Å². The standard InChI is InChI=1S/C15H15BN2O4S/c17-12-2-4-15(10(7-12)5-6-19)23(21)18-13-3-1-11-9-22-16(20)14(11)8-13/h1-4,6-8,18,20H,5,9,17H2. The Hall–Kier alpha value is -2.16. The first kappa shape index (κ1) is 15.7. The molecule has 3 rings (SSSR count). The van der Waals surface area contributed by atoms with Gasteiger partial charge < -0.3 is 24.9 Å². The van der Waals surface area contributed by atoms with E-state index in [0.717, 1.165) is 11.8 Å². The normalized spacial score (nSPS) is 14.4. The number of rotatable bonds is 5. The van der Waals surface area contributed by atoms with E-state index in [1.54, 1.807) is 30.3 Å². The lowest BCUT2D eigenvalue weighted by Gasteiger charge is -2.11. The fourth-order valence-electron chi connectivity index (χ4n) is 2.47. The maximum atomic E-state index is 12.6. The first-order valence-electron chi connectivity index (χ1n) is 7.01. The Balaban J connectivity index is 1.85. The second-order valence-electron chi connectivity index (χ2n) is 5.19. The van der Waals surface area contributed by atoms with E-state index in [1.807, 2.05) is 6.07 Å². The third-order valence-corrected chi connectivity index (χ3v) is 4.83. The van der Waals surface area contributed by atoms with Gasteiger partial charge in [0.05, 0.1) is 11.5 Å². The number of benzene rings is 2. The zero-order valence-corrected chi connectivity index (χ0v) is 13.0. The van der Waals surface area contributed by atoms with Gasteiger partial charge in [-0.25, -0.2) is 4.21 Å². The Morgan fingerprint density at radius 2 is 2.17 bits per heavy atom. The number of hydrogen-bond donors (Lipinski definition) is 3. The molecule has 6 nitrogen and oxygen atoms in total. The molecule has 118 valence electrons. The maximum Gasteiger partial charge on any atom is 0.491 e. The van der Waals surface area contributed by atoms with Gasteiger partial charge >= 0.3 is 7.12 Å². The van der Waals surface area contributed by atoms with Gasteiger partial charge in [0.25, 0.3) is 0 Å². The fourth-order valence-corrected chi connectivity index (χ4v) is 3.49. The molecule has 0 aliphatic carbocycles. The fraction of sp³-hybridized carbons (Fsp3) is 0.133. The van der Waals surface area contributed by atoms with Crippen molar-refractivity contribution in [3.8, 4) is 0 Å². The van der Waals surface area contributed by atoms with Crippen LogP contribution in [-0.4, -0.2) is 22.6 Å². The summed E-state index contributed by atoms with van der Waals surface area (Å²) in [6, 6.07) is 10.2. The average molecular weight is 330 g/mol. The number of carbonyl (C=O) groups is 1. The molecule has 1 aliphatic heterocycles. The smallest absolute Gasteiger partial charge is 0.423 e. The first-order valence-corrected chi connectivity index (χ1v) is 8.16. The lowest BCUT2D eigenvalue weighted by atomic mass is 9.79. The van der Waals surface area contributed by atoms with Gasteiger partial charge in [-0.05, 0) is 46.9 Å². The van der Waals surface area contributed by atoms with Crippen molar-refractivity contribution >= 4 is 41.2 Å². The van der Waals surface area contributed by atoms with Crippen molar-refractivity contribution in [2.24, 2.45) is 0 Å². The largest absolute Gasteiger partial charge is 0.491 e. The van der Waals surface area contributed by atoms with Crippen LogP contribution < -0.4 is 15.9 Å². The van der Waals surface area contributed by atoms with E-state index >= 15 is 0 Å². The zero-order chi connectivity index (χ0) is 16.4. The van der Waals surface area contributed by atoms with Crippen molar-refractivity contribution in [1.29, 1.82) is 0 Å². The van der Waals surface area contributed by atoms with Crippen molar-refractivity contribution in [3.05, 3.63) is 47.5 Å².